The highest BCUT2D eigenvalue weighted by molar-refractivity contribution is 5.95. The Labute approximate surface area is 119 Å². The standard InChI is InChI=1S/C15H21N3O2/c1-20-14-3-2-11(8-12(14)16)15(19)17-13-9-18-6-4-10(13)5-7-18/h2-3,8,10,13H,4-7,9,16H2,1H3,(H,17,19). The fraction of sp³-hybridized carbons (Fsp3) is 0.533. The Morgan fingerprint density at radius 3 is 2.70 bits per heavy atom. The van der Waals surface area contributed by atoms with Crippen molar-refractivity contribution >= 4 is 11.6 Å². The summed E-state index contributed by atoms with van der Waals surface area (Å²) in [7, 11) is 1.57. The molecule has 0 radical (unpaired) electrons. The average molecular weight is 275 g/mol. The van der Waals surface area contributed by atoms with Gasteiger partial charge in [-0.25, -0.2) is 0 Å². The van der Waals surface area contributed by atoms with Crippen LogP contribution in [0.1, 0.15) is 23.2 Å². The summed E-state index contributed by atoms with van der Waals surface area (Å²) in [5.74, 6) is 1.18. The Morgan fingerprint density at radius 1 is 1.40 bits per heavy atom. The number of anilines is 1. The van der Waals surface area contributed by atoms with Gasteiger partial charge in [0, 0.05) is 18.2 Å². The average Bonchev–Trinajstić information content (AvgIpc) is 2.48. The normalized spacial score (nSPS) is 28.1. The van der Waals surface area contributed by atoms with Crippen molar-refractivity contribution in [2.24, 2.45) is 5.92 Å². The van der Waals surface area contributed by atoms with Crippen LogP contribution < -0.4 is 15.8 Å². The summed E-state index contributed by atoms with van der Waals surface area (Å²) < 4.78 is 5.11. The van der Waals surface area contributed by atoms with Crippen LogP contribution in [0, 0.1) is 5.92 Å². The smallest absolute Gasteiger partial charge is 0.251 e. The lowest BCUT2D eigenvalue weighted by Gasteiger charge is -2.44. The van der Waals surface area contributed by atoms with Gasteiger partial charge in [0.2, 0.25) is 0 Å². The maximum atomic E-state index is 12.3. The molecule has 1 aromatic rings. The zero-order valence-electron chi connectivity index (χ0n) is 11.8. The predicted octanol–water partition coefficient (Wildman–Crippen LogP) is 1.10. The van der Waals surface area contributed by atoms with E-state index in [1.165, 1.54) is 25.9 Å². The molecule has 0 aliphatic carbocycles. The first-order valence-electron chi connectivity index (χ1n) is 7.14. The topological polar surface area (TPSA) is 67.6 Å². The highest BCUT2D eigenvalue weighted by Crippen LogP contribution is 2.28. The SMILES string of the molecule is COc1ccc(C(=O)NC2CN3CCC2CC3)cc1N. The van der Waals surface area contributed by atoms with E-state index in [1.54, 1.807) is 25.3 Å². The van der Waals surface area contributed by atoms with Crippen molar-refractivity contribution < 1.29 is 9.53 Å². The van der Waals surface area contributed by atoms with E-state index in [4.69, 9.17) is 10.5 Å². The quantitative estimate of drug-likeness (QED) is 0.811. The first-order chi connectivity index (χ1) is 9.67. The predicted molar refractivity (Wildman–Crippen MR) is 77.8 cm³/mol. The molecule has 1 atom stereocenters. The van der Waals surface area contributed by atoms with Crippen LogP contribution in [0.4, 0.5) is 5.69 Å². The number of carbonyl (C=O) groups excluding carboxylic acids is 1. The molecule has 1 unspecified atom stereocenters. The largest absolute Gasteiger partial charge is 0.495 e. The second-order valence-electron chi connectivity index (χ2n) is 5.67. The van der Waals surface area contributed by atoms with Crippen molar-refractivity contribution in [1.29, 1.82) is 0 Å². The molecule has 20 heavy (non-hydrogen) atoms. The molecular weight excluding hydrogens is 254 g/mol. The first kappa shape index (κ1) is 13.2. The van der Waals surface area contributed by atoms with Crippen molar-refractivity contribution in [1.82, 2.24) is 10.2 Å². The van der Waals surface area contributed by atoms with Crippen LogP contribution in [0.3, 0.4) is 0 Å². The summed E-state index contributed by atoms with van der Waals surface area (Å²) in [6.07, 6.45) is 2.38. The molecular formula is C15H21N3O2. The fourth-order valence-corrected chi connectivity index (χ4v) is 3.26. The van der Waals surface area contributed by atoms with E-state index in [1.807, 2.05) is 0 Å². The number of carbonyl (C=O) groups is 1. The molecule has 0 aromatic heterocycles. The number of fused-ring (bicyclic) bond motifs is 3. The summed E-state index contributed by atoms with van der Waals surface area (Å²) >= 11 is 0. The minimum atomic E-state index is -0.0434. The summed E-state index contributed by atoms with van der Waals surface area (Å²) in [4.78, 5) is 14.7. The molecule has 3 heterocycles. The number of nitrogens with zero attached hydrogens (tertiary/aromatic N) is 1. The first-order valence-corrected chi connectivity index (χ1v) is 7.14. The van der Waals surface area contributed by atoms with E-state index in [-0.39, 0.29) is 11.9 Å². The fourth-order valence-electron chi connectivity index (χ4n) is 3.26. The third kappa shape index (κ3) is 2.45. The van der Waals surface area contributed by atoms with E-state index in [0.717, 1.165) is 6.54 Å². The van der Waals surface area contributed by atoms with E-state index in [0.29, 0.717) is 22.9 Å². The molecule has 1 amide bonds. The Morgan fingerprint density at radius 2 is 2.15 bits per heavy atom. The number of benzene rings is 1. The second-order valence-corrected chi connectivity index (χ2v) is 5.67. The van der Waals surface area contributed by atoms with Gasteiger partial charge in [-0.05, 0) is 50.0 Å². The van der Waals surface area contributed by atoms with Crippen molar-refractivity contribution in [3.05, 3.63) is 23.8 Å². The summed E-state index contributed by atoms with van der Waals surface area (Å²) in [6.45, 7) is 3.32. The molecule has 0 saturated carbocycles. The molecule has 5 heteroatoms. The molecule has 5 nitrogen and oxygen atoms in total. The van der Waals surface area contributed by atoms with Gasteiger partial charge in [0.25, 0.3) is 5.91 Å². The van der Waals surface area contributed by atoms with Gasteiger partial charge in [-0.15, -0.1) is 0 Å². The number of methoxy groups -OCH3 is 1. The third-order valence-electron chi connectivity index (χ3n) is 4.46. The summed E-state index contributed by atoms with van der Waals surface area (Å²) in [5.41, 5.74) is 6.94. The molecule has 0 spiro atoms. The summed E-state index contributed by atoms with van der Waals surface area (Å²) in [5, 5.41) is 3.15. The molecule has 3 aliphatic rings. The Hall–Kier alpha value is -1.75. The van der Waals surface area contributed by atoms with Gasteiger partial charge in [0.1, 0.15) is 5.75 Å². The van der Waals surface area contributed by atoms with E-state index in [9.17, 15) is 4.79 Å². The maximum absolute atomic E-state index is 12.3. The Bertz CT molecular complexity index is 510. The monoisotopic (exact) mass is 275 g/mol. The van der Waals surface area contributed by atoms with E-state index < -0.39 is 0 Å². The number of nitrogens with two attached hydrogens (primary N) is 1. The molecule has 108 valence electrons. The molecule has 3 fully saturated rings. The summed E-state index contributed by atoms with van der Waals surface area (Å²) in [6, 6.07) is 5.44. The lowest BCUT2D eigenvalue weighted by molar-refractivity contribution is 0.0620. The Kier molecular flexibility index (Phi) is 3.53. The molecule has 3 N–H and O–H groups in total. The van der Waals surface area contributed by atoms with Crippen molar-refractivity contribution in [2.75, 3.05) is 32.5 Å². The van der Waals surface area contributed by atoms with Crippen LogP contribution >= 0.6 is 0 Å². The van der Waals surface area contributed by atoms with Crippen LogP contribution in [0.5, 0.6) is 5.75 Å². The van der Waals surface area contributed by atoms with Gasteiger partial charge in [-0.3, -0.25) is 4.79 Å². The second kappa shape index (κ2) is 5.32. The zero-order valence-corrected chi connectivity index (χ0v) is 11.8. The maximum Gasteiger partial charge on any atom is 0.251 e. The number of hydrogen-bond donors (Lipinski definition) is 2. The van der Waals surface area contributed by atoms with E-state index in [2.05, 4.69) is 10.2 Å². The van der Waals surface area contributed by atoms with Crippen LogP contribution in [0.15, 0.2) is 18.2 Å². The minimum absolute atomic E-state index is 0.0434. The van der Waals surface area contributed by atoms with Crippen LogP contribution in [0.25, 0.3) is 0 Å². The highest BCUT2D eigenvalue weighted by Gasteiger charge is 2.34. The lowest BCUT2D eigenvalue weighted by Crippen LogP contribution is -2.57. The minimum Gasteiger partial charge on any atom is -0.495 e. The van der Waals surface area contributed by atoms with Crippen molar-refractivity contribution in [3.8, 4) is 5.75 Å². The van der Waals surface area contributed by atoms with Gasteiger partial charge >= 0.3 is 0 Å². The molecule has 4 rings (SSSR count). The van der Waals surface area contributed by atoms with E-state index >= 15 is 0 Å². The van der Waals surface area contributed by atoms with Gasteiger partial charge in [0.15, 0.2) is 0 Å². The van der Waals surface area contributed by atoms with Crippen LogP contribution in [-0.2, 0) is 0 Å². The molecule has 1 aromatic carbocycles. The van der Waals surface area contributed by atoms with Crippen molar-refractivity contribution in [2.45, 2.75) is 18.9 Å². The molecule has 2 bridgehead atoms. The van der Waals surface area contributed by atoms with Gasteiger partial charge < -0.3 is 20.7 Å². The highest BCUT2D eigenvalue weighted by atomic mass is 16.5. The molecule has 3 saturated heterocycles. The number of hydrogen-bond acceptors (Lipinski definition) is 4. The zero-order chi connectivity index (χ0) is 14.1. The van der Waals surface area contributed by atoms with Gasteiger partial charge in [-0.1, -0.05) is 0 Å². The number of rotatable bonds is 3. The van der Waals surface area contributed by atoms with Crippen LogP contribution in [-0.4, -0.2) is 43.6 Å². The van der Waals surface area contributed by atoms with Gasteiger partial charge in [0.05, 0.1) is 12.8 Å². The number of amides is 1. The Balaban J connectivity index is 1.68. The van der Waals surface area contributed by atoms with Gasteiger partial charge in [-0.2, -0.15) is 0 Å². The number of nitrogens with one attached hydrogen (secondary N) is 1. The number of piperidine rings is 3. The van der Waals surface area contributed by atoms with Crippen molar-refractivity contribution in [3.63, 3.8) is 0 Å². The number of ether oxygens (including phenoxy) is 1. The third-order valence-corrected chi connectivity index (χ3v) is 4.46. The lowest BCUT2D eigenvalue weighted by atomic mass is 9.84. The number of nitrogen functional groups attached to an aromatic ring is 1. The van der Waals surface area contributed by atoms with Crippen LogP contribution in [0.2, 0.25) is 0 Å². The molecule has 3 aliphatic heterocycles.